The van der Waals surface area contributed by atoms with Crippen LogP contribution in [0.3, 0.4) is 0 Å². The molecule has 1 N–H and O–H groups in total. The first-order chi connectivity index (χ1) is 12.7. The fraction of sp³-hybridized carbons (Fsp3) is 0.263. The Bertz CT molecular complexity index is 761. The van der Waals surface area contributed by atoms with Gasteiger partial charge in [-0.25, -0.2) is 5.43 Å². The molecule has 0 atom stereocenters. The van der Waals surface area contributed by atoms with E-state index >= 15 is 0 Å². The summed E-state index contributed by atoms with van der Waals surface area (Å²) in [6, 6.07) is 12.5. The lowest BCUT2D eigenvalue weighted by atomic mass is 10.2. The number of carbonyl (C=O) groups excluding carboxylic acids is 1. The van der Waals surface area contributed by atoms with E-state index in [4.69, 9.17) is 18.9 Å². The molecule has 7 nitrogen and oxygen atoms in total. The van der Waals surface area contributed by atoms with E-state index in [9.17, 15) is 4.79 Å². The molecule has 26 heavy (non-hydrogen) atoms. The molecule has 0 aliphatic rings. The van der Waals surface area contributed by atoms with Crippen LogP contribution in [0.5, 0.6) is 23.0 Å². The quantitative estimate of drug-likeness (QED) is 0.551. The van der Waals surface area contributed by atoms with Crippen LogP contribution in [0, 0.1) is 0 Å². The maximum atomic E-state index is 11.8. The van der Waals surface area contributed by atoms with Crippen molar-refractivity contribution in [3.63, 3.8) is 0 Å². The lowest BCUT2D eigenvalue weighted by molar-refractivity contribution is -0.123. The number of rotatable bonds is 9. The van der Waals surface area contributed by atoms with E-state index in [2.05, 4.69) is 10.5 Å². The number of ether oxygens (including phenoxy) is 4. The summed E-state index contributed by atoms with van der Waals surface area (Å²) in [6.45, 7) is 2.24. The Hall–Kier alpha value is -3.22. The van der Waals surface area contributed by atoms with Crippen molar-refractivity contribution >= 4 is 12.1 Å². The van der Waals surface area contributed by atoms with Gasteiger partial charge in [0.1, 0.15) is 0 Å². The first-order valence-electron chi connectivity index (χ1n) is 8.06. The zero-order valence-corrected chi connectivity index (χ0v) is 15.0. The lowest BCUT2D eigenvalue weighted by Gasteiger charge is -2.10. The third-order valence-electron chi connectivity index (χ3n) is 3.32. The predicted molar refractivity (Wildman–Crippen MR) is 98.4 cm³/mol. The number of nitrogens with one attached hydrogen (secondary N) is 1. The molecule has 0 aliphatic carbocycles. The summed E-state index contributed by atoms with van der Waals surface area (Å²) in [5.74, 6) is 1.92. The summed E-state index contributed by atoms with van der Waals surface area (Å²) in [4.78, 5) is 11.8. The third kappa shape index (κ3) is 5.41. The van der Waals surface area contributed by atoms with Crippen molar-refractivity contribution in [3.8, 4) is 23.0 Å². The molecule has 0 spiro atoms. The molecule has 2 rings (SSSR count). The molecule has 2 aromatic rings. The Morgan fingerprint density at radius 1 is 1.00 bits per heavy atom. The molecular formula is C19H22N2O5. The summed E-state index contributed by atoms with van der Waals surface area (Å²) in [7, 11) is 3.12. The largest absolute Gasteiger partial charge is 0.493 e. The molecule has 0 bridgehead atoms. The Balaban J connectivity index is 1.89. The molecule has 0 radical (unpaired) electrons. The summed E-state index contributed by atoms with van der Waals surface area (Å²) < 4.78 is 21.3. The molecule has 0 saturated carbocycles. The Morgan fingerprint density at radius 3 is 2.38 bits per heavy atom. The second-order valence-electron chi connectivity index (χ2n) is 5.08. The van der Waals surface area contributed by atoms with Gasteiger partial charge in [0.2, 0.25) is 0 Å². The number of methoxy groups -OCH3 is 2. The lowest BCUT2D eigenvalue weighted by Crippen LogP contribution is -2.24. The summed E-state index contributed by atoms with van der Waals surface area (Å²) >= 11 is 0. The van der Waals surface area contributed by atoms with E-state index in [1.807, 2.05) is 19.1 Å². The van der Waals surface area contributed by atoms with E-state index in [1.165, 1.54) is 13.3 Å². The third-order valence-corrected chi connectivity index (χ3v) is 3.32. The minimum Gasteiger partial charge on any atom is -0.493 e. The average molecular weight is 358 g/mol. The number of hydrogen-bond acceptors (Lipinski definition) is 6. The van der Waals surface area contributed by atoms with Gasteiger partial charge in [0.25, 0.3) is 5.91 Å². The molecular weight excluding hydrogens is 336 g/mol. The highest BCUT2D eigenvalue weighted by Gasteiger charge is 2.07. The first-order valence-corrected chi connectivity index (χ1v) is 8.06. The second-order valence-corrected chi connectivity index (χ2v) is 5.08. The Labute approximate surface area is 152 Å². The molecule has 2 aromatic carbocycles. The number of amides is 1. The molecule has 1 amide bonds. The molecule has 0 heterocycles. The van der Waals surface area contributed by atoms with Crippen LogP contribution in [0.25, 0.3) is 0 Å². The fourth-order valence-corrected chi connectivity index (χ4v) is 2.13. The molecule has 7 heteroatoms. The van der Waals surface area contributed by atoms with Crippen molar-refractivity contribution < 1.29 is 23.7 Å². The van der Waals surface area contributed by atoms with Crippen molar-refractivity contribution in [2.45, 2.75) is 6.92 Å². The van der Waals surface area contributed by atoms with E-state index in [0.29, 0.717) is 29.6 Å². The van der Waals surface area contributed by atoms with Gasteiger partial charge in [0.05, 0.1) is 27.0 Å². The standard InChI is InChI=1S/C19H22N2O5/c1-4-25-18-11-14(9-10-16(18)24-3)12-20-21-19(22)13-26-17-8-6-5-7-15(17)23-2/h5-12H,4,13H2,1-3H3,(H,21,22)/b20-12-. The monoisotopic (exact) mass is 358 g/mol. The topological polar surface area (TPSA) is 78.4 Å². The van der Waals surface area contributed by atoms with Gasteiger partial charge in [-0.1, -0.05) is 12.1 Å². The van der Waals surface area contributed by atoms with Gasteiger partial charge in [-0.15, -0.1) is 0 Å². The summed E-state index contributed by atoms with van der Waals surface area (Å²) in [5.41, 5.74) is 3.18. The smallest absolute Gasteiger partial charge is 0.277 e. The normalized spacial score (nSPS) is 10.4. The van der Waals surface area contributed by atoms with Crippen LogP contribution < -0.4 is 24.4 Å². The highest BCUT2D eigenvalue weighted by atomic mass is 16.5. The van der Waals surface area contributed by atoms with Crippen LogP contribution in [0.1, 0.15) is 12.5 Å². The van der Waals surface area contributed by atoms with Gasteiger partial charge >= 0.3 is 0 Å². The number of hydrogen-bond donors (Lipinski definition) is 1. The van der Waals surface area contributed by atoms with Crippen LogP contribution in [0.4, 0.5) is 0 Å². The number of nitrogens with zero attached hydrogens (tertiary/aromatic N) is 1. The van der Waals surface area contributed by atoms with Gasteiger partial charge in [-0.2, -0.15) is 5.10 Å². The van der Waals surface area contributed by atoms with E-state index in [1.54, 1.807) is 37.4 Å². The average Bonchev–Trinajstić information content (AvgIpc) is 2.67. The van der Waals surface area contributed by atoms with E-state index in [-0.39, 0.29) is 12.5 Å². The van der Waals surface area contributed by atoms with Crippen LogP contribution in [-0.2, 0) is 4.79 Å². The summed E-state index contributed by atoms with van der Waals surface area (Å²) in [5, 5.41) is 3.92. The number of carbonyl (C=O) groups is 1. The molecule has 0 unspecified atom stereocenters. The molecule has 0 saturated heterocycles. The molecule has 0 aromatic heterocycles. The van der Waals surface area contributed by atoms with Crippen molar-refractivity contribution in [1.82, 2.24) is 5.43 Å². The van der Waals surface area contributed by atoms with Crippen LogP contribution in [0.15, 0.2) is 47.6 Å². The highest BCUT2D eigenvalue weighted by molar-refractivity contribution is 5.83. The van der Waals surface area contributed by atoms with Crippen LogP contribution in [-0.4, -0.2) is 39.6 Å². The molecule has 138 valence electrons. The zero-order valence-electron chi connectivity index (χ0n) is 15.0. The summed E-state index contributed by atoms with van der Waals surface area (Å²) in [6.07, 6.45) is 1.52. The van der Waals surface area contributed by atoms with Crippen LogP contribution >= 0.6 is 0 Å². The predicted octanol–water partition coefficient (Wildman–Crippen LogP) is 2.63. The highest BCUT2D eigenvalue weighted by Crippen LogP contribution is 2.27. The van der Waals surface area contributed by atoms with Gasteiger partial charge in [0.15, 0.2) is 29.6 Å². The molecule has 0 aliphatic heterocycles. The molecule has 0 fully saturated rings. The second kappa shape index (κ2) is 9.93. The number of para-hydroxylation sites is 2. The van der Waals surface area contributed by atoms with Crippen molar-refractivity contribution in [1.29, 1.82) is 0 Å². The van der Waals surface area contributed by atoms with E-state index < -0.39 is 0 Å². The van der Waals surface area contributed by atoms with Gasteiger partial charge < -0.3 is 18.9 Å². The van der Waals surface area contributed by atoms with Crippen LogP contribution in [0.2, 0.25) is 0 Å². The van der Waals surface area contributed by atoms with Crippen molar-refractivity contribution in [2.24, 2.45) is 5.10 Å². The van der Waals surface area contributed by atoms with Gasteiger partial charge in [-0.3, -0.25) is 4.79 Å². The maximum absolute atomic E-state index is 11.8. The first kappa shape index (κ1) is 19.1. The van der Waals surface area contributed by atoms with Crippen molar-refractivity contribution in [3.05, 3.63) is 48.0 Å². The number of benzene rings is 2. The van der Waals surface area contributed by atoms with Gasteiger partial charge in [0, 0.05) is 0 Å². The Kier molecular flexibility index (Phi) is 7.30. The van der Waals surface area contributed by atoms with E-state index in [0.717, 1.165) is 5.56 Å². The van der Waals surface area contributed by atoms with Crippen molar-refractivity contribution in [2.75, 3.05) is 27.4 Å². The minimum atomic E-state index is -0.384. The SMILES string of the molecule is CCOc1cc(/C=N\NC(=O)COc2ccccc2OC)ccc1OC. The Morgan fingerprint density at radius 2 is 1.69 bits per heavy atom. The number of hydrazone groups is 1. The minimum absolute atomic E-state index is 0.176. The zero-order chi connectivity index (χ0) is 18.8. The maximum Gasteiger partial charge on any atom is 0.277 e. The van der Waals surface area contributed by atoms with Gasteiger partial charge in [-0.05, 0) is 42.8 Å². The fourth-order valence-electron chi connectivity index (χ4n) is 2.13.